The van der Waals surface area contributed by atoms with Gasteiger partial charge in [0.2, 0.25) is 0 Å². The van der Waals surface area contributed by atoms with Crippen LogP contribution >= 0.6 is 0 Å². The normalized spacial score (nSPS) is 15.4. The molecule has 2 N–H and O–H groups in total. The summed E-state index contributed by atoms with van der Waals surface area (Å²) in [6.07, 6.45) is 5.05. The van der Waals surface area contributed by atoms with Crippen LogP contribution in [0.3, 0.4) is 0 Å². The van der Waals surface area contributed by atoms with Gasteiger partial charge in [0, 0.05) is 0 Å². The van der Waals surface area contributed by atoms with Crippen LogP contribution in [0.4, 0.5) is 0 Å². The summed E-state index contributed by atoms with van der Waals surface area (Å²) in [6.45, 7) is 7.25. The summed E-state index contributed by atoms with van der Waals surface area (Å²) in [7, 11) is 0. The average molecular weight is 332 g/mol. The Kier molecular flexibility index (Phi) is 8.44. The number of rotatable bonds is 10. The van der Waals surface area contributed by atoms with Crippen LogP contribution < -0.4 is 0 Å². The van der Waals surface area contributed by atoms with E-state index in [0.29, 0.717) is 31.2 Å². The van der Waals surface area contributed by atoms with Crippen LogP contribution in [0.15, 0.2) is 54.6 Å². The molecular formula is C20H28O4. The highest BCUT2D eigenvalue weighted by atomic mass is 16.6. The standard InChI is InChI=1S/C20H28O4/c1-4-5-14-20(3,23)18(12-11-16(2)13-15-21)24-19(22)17-9-7-6-8-10-17/h4,6-10,13,18,21,23H,1,5,11-12,14-15H2,2-3H3/b16-13+/t18-,20+/m0/s1. The van der Waals surface area contributed by atoms with Gasteiger partial charge in [0.05, 0.1) is 17.8 Å². The van der Waals surface area contributed by atoms with E-state index in [1.807, 2.05) is 13.0 Å². The van der Waals surface area contributed by atoms with E-state index < -0.39 is 17.7 Å². The molecule has 0 aliphatic carbocycles. The second-order valence-corrected chi connectivity index (χ2v) is 6.22. The number of benzene rings is 1. The fourth-order valence-electron chi connectivity index (χ4n) is 2.44. The van der Waals surface area contributed by atoms with E-state index in [9.17, 15) is 9.90 Å². The number of aliphatic hydroxyl groups excluding tert-OH is 1. The minimum atomic E-state index is -1.14. The van der Waals surface area contributed by atoms with Crippen LogP contribution in [-0.4, -0.2) is 34.5 Å². The Morgan fingerprint density at radius 1 is 1.38 bits per heavy atom. The third kappa shape index (κ3) is 6.69. The lowest BCUT2D eigenvalue weighted by molar-refractivity contribution is -0.0813. The SMILES string of the molecule is C=CCC[C@@](C)(O)[C@H](CC/C(C)=C/CO)OC(=O)c1ccccc1. The van der Waals surface area contributed by atoms with E-state index in [0.717, 1.165) is 5.57 Å². The lowest BCUT2D eigenvalue weighted by atomic mass is 9.89. The van der Waals surface area contributed by atoms with E-state index in [4.69, 9.17) is 9.84 Å². The van der Waals surface area contributed by atoms with Crippen molar-refractivity contribution in [1.29, 1.82) is 0 Å². The Hall–Kier alpha value is -1.91. The van der Waals surface area contributed by atoms with Gasteiger partial charge in [-0.15, -0.1) is 6.58 Å². The molecule has 0 spiro atoms. The maximum atomic E-state index is 12.3. The number of hydrogen-bond donors (Lipinski definition) is 2. The van der Waals surface area contributed by atoms with Crippen LogP contribution in [0.25, 0.3) is 0 Å². The number of allylic oxidation sites excluding steroid dienone is 2. The van der Waals surface area contributed by atoms with Crippen LogP contribution in [0.2, 0.25) is 0 Å². The van der Waals surface area contributed by atoms with E-state index in [2.05, 4.69) is 6.58 Å². The van der Waals surface area contributed by atoms with Gasteiger partial charge >= 0.3 is 5.97 Å². The highest BCUT2D eigenvalue weighted by molar-refractivity contribution is 5.89. The number of hydrogen-bond acceptors (Lipinski definition) is 4. The van der Waals surface area contributed by atoms with Crippen molar-refractivity contribution in [3.8, 4) is 0 Å². The number of carbonyl (C=O) groups is 1. The zero-order valence-corrected chi connectivity index (χ0v) is 14.6. The first kappa shape index (κ1) is 20.1. The molecule has 0 saturated carbocycles. The van der Waals surface area contributed by atoms with Gasteiger partial charge in [-0.3, -0.25) is 0 Å². The molecule has 1 rings (SSSR count). The Balaban J connectivity index is 2.85. The van der Waals surface area contributed by atoms with Crippen molar-refractivity contribution in [2.45, 2.75) is 51.2 Å². The molecule has 2 atom stereocenters. The molecule has 132 valence electrons. The number of esters is 1. The zero-order valence-electron chi connectivity index (χ0n) is 14.6. The van der Waals surface area contributed by atoms with E-state index in [1.165, 1.54) is 0 Å². The van der Waals surface area contributed by atoms with Gasteiger partial charge in [-0.1, -0.05) is 35.9 Å². The second kappa shape index (κ2) is 10.1. The number of aliphatic hydroxyl groups is 2. The quantitative estimate of drug-likeness (QED) is 0.507. The van der Waals surface area contributed by atoms with Crippen molar-refractivity contribution in [3.63, 3.8) is 0 Å². The maximum Gasteiger partial charge on any atom is 0.338 e. The van der Waals surface area contributed by atoms with Gasteiger partial charge in [-0.25, -0.2) is 4.79 Å². The zero-order chi connectivity index (χ0) is 18.0. The molecular weight excluding hydrogens is 304 g/mol. The Morgan fingerprint density at radius 2 is 2.04 bits per heavy atom. The van der Waals surface area contributed by atoms with Gasteiger partial charge in [0.25, 0.3) is 0 Å². The summed E-state index contributed by atoms with van der Waals surface area (Å²) in [5.74, 6) is -0.441. The largest absolute Gasteiger partial charge is 0.456 e. The molecule has 0 aromatic heterocycles. The van der Waals surface area contributed by atoms with Crippen LogP contribution in [0.1, 0.15) is 49.9 Å². The molecule has 0 aliphatic heterocycles. The lowest BCUT2D eigenvalue weighted by Crippen LogP contribution is -2.42. The Morgan fingerprint density at radius 3 is 2.62 bits per heavy atom. The van der Waals surface area contributed by atoms with Crippen molar-refractivity contribution in [3.05, 3.63) is 60.2 Å². The molecule has 1 aromatic carbocycles. The van der Waals surface area contributed by atoms with Crippen molar-refractivity contribution in [2.75, 3.05) is 6.61 Å². The topological polar surface area (TPSA) is 66.8 Å². The predicted molar refractivity (Wildman–Crippen MR) is 95.8 cm³/mol. The molecule has 1 aromatic rings. The van der Waals surface area contributed by atoms with Gasteiger partial charge in [-0.05, 0) is 51.7 Å². The number of ether oxygens (including phenoxy) is 1. The number of carbonyl (C=O) groups excluding carboxylic acids is 1. The smallest absolute Gasteiger partial charge is 0.338 e. The molecule has 0 aliphatic rings. The fraction of sp³-hybridized carbons (Fsp3) is 0.450. The molecule has 0 radical (unpaired) electrons. The van der Waals surface area contributed by atoms with Gasteiger partial charge in [0.1, 0.15) is 6.10 Å². The summed E-state index contributed by atoms with van der Waals surface area (Å²) in [5.41, 5.74) is 0.320. The maximum absolute atomic E-state index is 12.3. The van der Waals surface area contributed by atoms with E-state index in [-0.39, 0.29) is 6.61 Å². The van der Waals surface area contributed by atoms with Gasteiger partial charge < -0.3 is 14.9 Å². The summed E-state index contributed by atoms with van der Waals surface area (Å²) in [4.78, 5) is 12.3. The molecule has 0 saturated heterocycles. The molecule has 0 fully saturated rings. The summed E-state index contributed by atoms with van der Waals surface area (Å²) in [6, 6.07) is 8.76. The van der Waals surface area contributed by atoms with Crippen LogP contribution in [0.5, 0.6) is 0 Å². The lowest BCUT2D eigenvalue weighted by Gasteiger charge is -2.32. The first-order valence-electron chi connectivity index (χ1n) is 8.26. The molecule has 0 amide bonds. The molecule has 0 heterocycles. The van der Waals surface area contributed by atoms with Gasteiger partial charge in [0.15, 0.2) is 0 Å². The molecule has 0 bridgehead atoms. The third-order valence-electron chi connectivity index (χ3n) is 4.05. The molecule has 4 nitrogen and oxygen atoms in total. The molecule has 4 heteroatoms. The highest BCUT2D eigenvalue weighted by Gasteiger charge is 2.34. The van der Waals surface area contributed by atoms with Crippen LogP contribution in [0, 0.1) is 0 Å². The minimum absolute atomic E-state index is 0.0207. The predicted octanol–water partition coefficient (Wildman–Crippen LogP) is 3.65. The first-order chi connectivity index (χ1) is 11.4. The van der Waals surface area contributed by atoms with Gasteiger partial charge in [-0.2, -0.15) is 0 Å². The summed E-state index contributed by atoms with van der Waals surface area (Å²) in [5, 5.41) is 19.7. The van der Waals surface area contributed by atoms with E-state index in [1.54, 1.807) is 43.3 Å². The third-order valence-corrected chi connectivity index (χ3v) is 4.05. The average Bonchev–Trinajstić information content (AvgIpc) is 2.57. The monoisotopic (exact) mass is 332 g/mol. The first-order valence-corrected chi connectivity index (χ1v) is 8.26. The van der Waals surface area contributed by atoms with Crippen LogP contribution in [-0.2, 0) is 4.74 Å². The van der Waals surface area contributed by atoms with Crippen molar-refractivity contribution < 1.29 is 19.7 Å². The molecule has 24 heavy (non-hydrogen) atoms. The summed E-state index contributed by atoms with van der Waals surface area (Å²) < 4.78 is 5.61. The van der Waals surface area contributed by atoms with Crippen molar-refractivity contribution >= 4 is 5.97 Å². The highest BCUT2D eigenvalue weighted by Crippen LogP contribution is 2.26. The Labute approximate surface area is 144 Å². The second-order valence-electron chi connectivity index (χ2n) is 6.22. The summed E-state index contributed by atoms with van der Waals surface area (Å²) >= 11 is 0. The van der Waals surface area contributed by atoms with Crippen molar-refractivity contribution in [1.82, 2.24) is 0 Å². The fourth-order valence-corrected chi connectivity index (χ4v) is 2.44. The minimum Gasteiger partial charge on any atom is -0.456 e. The molecule has 0 unspecified atom stereocenters. The Bertz CT molecular complexity index is 546. The van der Waals surface area contributed by atoms with Crippen molar-refractivity contribution in [2.24, 2.45) is 0 Å². The van der Waals surface area contributed by atoms with E-state index >= 15 is 0 Å².